The van der Waals surface area contributed by atoms with Crippen LogP contribution in [0.4, 0.5) is 0 Å². The molecule has 0 amide bonds. The van der Waals surface area contributed by atoms with Crippen molar-refractivity contribution < 1.29 is 9.84 Å². The number of rotatable bonds is 2. The van der Waals surface area contributed by atoms with Gasteiger partial charge in [0.15, 0.2) is 5.90 Å². The molecule has 0 fully saturated rings. The normalized spacial score (nSPS) is 20.4. The molecule has 0 saturated heterocycles. The first-order valence-electron chi connectivity index (χ1n) is 4.48. The summed E-state index contributed by atoms with van der Waals surface area (Å²) in [7, 11) is 0. The van der Waals surface area contributed by atoms with E-state index in [0.29, 0.717) is 19.0 Å². The van der Waals surface area contributed by atoms with Crippen LogP contribution in [0.1, 0.15) is 11.6 Å². The van der Waals surface area contributed by atoms with Crippen LogP contribution in [0.5, 0.6) is 5.75 Å². The molecule has 1 unspecified atom stereocenters. The third kappa shape index (κ3) is 1.56. The van der Waals surface area contributed by atoms with Gasteiger partial charge in [0, 0.05) is 5.56 Å². The minimum atomic E-state index is -0.116. The second-order valence-corrected chi connectivity index (χ2v) is 3.11. The van der Waals surface area contributed by atoms with E-state index in [0.717, 1.165) is 5.56 Å². The number of hydrogen-bond acceptors (Lipinski definition) is 4. The van der Waals surface area contributed by atoms with Gasteiger partial charge in [-0.25, -0.2) is 4.99 Å². The smallest absolute Gasteiger partial charge is 0.198 e. The van der Waals surface area contributed by atoms with Gasteiger partial charge < -0.3 is 15.6 Å². The van der Waals surface area contributed by atoms with Crippen molar-refractivity contribution >= 4 is 5.90 Å². The van der Waals surface area contributed by atoms with Gasteiger partial charge in [-0.3, -0.25) is 0 Å². The lowest BCUT2D eigenvalue weighted by Gasteiger charge is -2.06. The molecule has 4 nitrogen and oxygen atoms in total. The van der Waals surface area contributed by atoms with Gasteiger partial charge in [0.25, 0.3) is 0 Å². The van der Waals surface area contributed by atoms with Crippen molar-refractivity contribution in [2.45, 2.75) is 6.04 Å². The van der Waals surface area contributed by atoms with Gasteiger partial charge in [-0.05, 0) is 6.07 Å². The third-order valence-electron chi connectivity index (χ3n) is 2.18. The van der Waals surface area contributed by atoms with E-state index in [2.05, 4.69) is 4.99 Å². The van der Waals surface area contributed by atoms with Crippen molar-refractivity contribution in [3.05, 3.63) is 29.8 Å². The average Bonchev–Trinajstić information content (AvgIpc) is 2.67. The highest BCUT2D eigenvalue weighted by molar-refractivity contribution is 5.79. The lowest BCUT2D eigenvalue weighted by molar-refractivity contribution is 0.312. The average molecular weight is 192 g/mol. The quantitative estimate of drug-likeness (QED) is 0.729. The number of ether oxygens (including phenoxy) is 1. The summed E-state index contributed by atoms with van der Waals surface area (Å²) in [6.07, 6.45) is 0. The zero-order chi connectivity index (χ0) is 9.97. The minimum absolute atomic E-state index is 0.116. The number of benzene rings is 1. The van der Waals surface area contributed by atoms with E-state index in [1.165, 1.54) is 0 Å². The number of phenols is 1. The highest BCUT2D eigenvalue weighted by atomic mass is 16.5. The van der Waals surface area contributed by atoms with Crippen molar-refractivity contribution in [2.75, 3.05) is 13.2 Å². The Labute approximate surface area is 82.0 Å². The van der Waals surface area contributed by atoms with Crippen LogP contribution >= 0.6 is 0 Å². The summed E-state index contributed by atoms with van der Waals surface area (Å²) >= 11 is 0. The van der Waals surface area contributed by atoms with E-state index in [1.54, 1.807) is 12.1 Å². The number of hydrogen-bond donors (Lipinski definition) is 2. The first-order chi connectivity index (χ1) is 6.81. The predicted molar refractivity (Wildman–Crippen MR) is 53.3 cm³/mol. The highest BCUT2D eigenvalue weighted by Gasteiger charge is 2.21. The third-order valence-corrected chi connectivity index (χ3v) is 2.18. The van der Waals surface area contributed by atoms with Crippen molar-refractivity contribution in [1.29, 1.82) is 0 Å². The van der Waals surface area contributed by atoms with Crippen molar-refractivity contribution in [3.63, 3.8) is 0 Å². The Morgan fingerprint density at radius 2 is 2.29 bits per heavy atom. The minimum Gasteiger partial charge on any atom is -0.508 e. The fourth-order valence-corrected chi connectivity index (χ4v) is 1.46. The maximum atomic E-state index is 9.57. The van der Waals surface area contributed by atoms with E-state index in [1.807, 2.05) is 12.1 Å². The number of phenolic OH excluding ortho intramolecular Hbond substituents is 1. The van der Waals surface area contributed by atoms with Gasteiger partial charge in [-0.2, -0.15) is 0 Å². The second-order valence-electron chi connectivity index (χ2n) is 3.11. The van der Waals surface area contributed by atoms with Crippen LogP contribution < -0.4 is 5.73 Å². The summed E-state index contributed by atoms with van der Waals surface area (Å²) in [6.45, 7) is 0.772. The molecule has 3 N–H and O–H groups in total. The summed E-state index contributed by atoms with van der Waals surface area (Å²) in [4.78, 5) is 4.25. The van der Waals surface area contributed by atoms with Gasteiger partial charge in [-0.1, -0.05) is 18.2 Å². The molecule has 1 aromatic carbocycles. The van der Waals surface area contributed by atoms with Gasteiger partial charge in [0.2, 0.25) is 0 Å². The first kappa shape index (κ1) is 9.02. The van der Waals surface area contributed by atoms with Gasteiger partial charge in [-0.15, -0.1) is 0 Å². The Morgan fingerprint density at radius 1 is 1.50 bits per heavy atom. The predicted octanol–water partition coefficient (Wildman–Crippen LogP) is 0.821. The van der Waals surface area contributed by atoms with E-state index < -0.39 is 0 Å². The first-order valence-corrected chi connectivity index (χ1v) is 4.48. The molecule has 0 bridgehead atoms. The van der Waals surface area contributed by atoms with Crippen LogP contribution in [0.3, 0.4) is 0 Å². The Bertz CT molecular complexity index is 363. The molecule has 0 spiro atoms. The molecular formula is C10H12N2O2. The van der Waals surface area contributed by atoms with Crippen molar-refractivity contribution in [2.24, 2.45) is 10.7 Å². The number of nitrogens with zero attached hydrogens (tertiary/aromatic N) is 1. The Hall–Kier alpha value is -1.55. The molecule has 1 aliphatic heterocycles. The van der Waals surface area contributed by atoms with E-state index in [9.17, 15) is 5.11 Å². The van der Waals surface area contributed by atoms with Gasteiger partial charge in [0.05, 0.1) is 6.54 Å². The number of para-hydroxylation sites is 1. The fraction of sp³-hybridized carbons (Fsp3) is 0.300. The Kier molecular flexibility index (Phi) is 2.37. The summed E-state index contributed by atoms with van der Waals surface area (Å²) in [5.41, 5.74) is 6.18. The zero-order valence-corrected chi connectivity index (χ0v) is 7.68. The molecule has 2 rings (SSSR count). The molecule has 14 heavy (non-hydrogen) atoms. The number of aliphatic imine (C=N–C) groups is 1. The highest BCUT2D eigenvalue weighted by Crippen LogP contribution is 2.29. The lowest BCUT2D eigenvalue weighted by Crippen LogP contribution is -2.13. The summed E-state index contributed by atoms with van der Waals surface area (Å²) < 4.78 is 5.24. The van der Waals surface area contributed by atoms with Crippen molar-refractivity contribution in [1.82, 2.24) is 0 Å². The maximum Gasteiger partial charge on any atom is 0.198 e. The largest absolute Gasteiger partial charge is 0.508 e. The fourth-order valence-electron chi connectivity index (χ4n) is 1.46. The van der Waals surface area contributed by atoms with Crippen LogP contribution in [0.25, 0.3) is 0 Å². The Balaban J connectivity index is 2.25. The van der Waals surface area contributed by atoms with Crippen LogP contribution in [0.15, 0.2) is 29.3 Å². The molecule has 0 aromatic heterocycles. The number of aromatic hydroxyl groups is 1. The molecule has 1 heterocycles. The van der Waals surface area contributed by atoms with Crippen LogP contribution in [0.2, 0.25) is 0 Å². The summed E-state index contributed by atoms with van der Waals surface area (Å²) in [5.74, 6) is 0.807. The molecule has 1 aliphatic rings. The zero-order valence-electron chi connectivity index (χ0n) is 7.68. The lowest BCUT2D eigenvalue weighted by atomic mass is 10.1. The molecule has 1 aromatic rings. The van der Waals surface area contributed by atoms with E-state index >= 15 is 0 Å². The van der Waals surface area contributed by atoms with E-state index in [4.69, 9.17) is 10.5 Å². The van der Waals surface area contributed by atoms with Gasteiger partial charge >= 0.3 is 0 Å². The summed E-state index contributed by atoms with van der Waals surface area (Å²) in [5, 5.41) is 9.57. The monoisotopic (exact) mass is 192 g/mol. The number of nitrogens with two attached hydrogens (primary N) is 1. The molecule has 74 valence electrons. The summed E-state index contributed by atoms with van der Waals surface area (Å²) in [6, 6.07) is 7.01. The molecule has 0 saturated carbocycles. The molecular weight excluding hydrogens is 180 g/mol. The molecule has 0 aliphatic carbocycles. The Morgan fingerprint density at radius 3 is 2.93 bits per heavy atom. The van der Waals surface area contributed by atoms with Crippen LogP contribution in [-0.2, 0) is 4.74 Å². The van der Waals surface area contributed by atoms with Crippen molar-refractivity contribution in [3.8, 4) is 5.75 Å². The molecule has 1 atom stereocenters. The van der Waals surface area contributed by atoms with Crippen LogP contribution in [-0.4, -0.2) is 24.2 Å². The SMILES string of the molecule is NCC1=NC(c2ccccc2O)CO1. The standard InChI is InChI=1S/C10H12N2O2/c11-5-10-12-8(6-14-10)7-3-1-2-4-9(7)13/h1-4,8,13H,5-6,11H2. The van der Waals surface area contributed by atoms with Crippen LogP contribution in [0, 0.1) is 0 Å². The van der Waals surface area contributed by atoms with Gasteiger partial charge in [0.1, 0.15) is 18.4 Å². The second kappa shape index (κ2) is 3.67. The maximum absolute atomic E-state index is 9.57. The molecule has 0 radical (unpaired) electrons. The van der Waals surface area contributed by atoms with E-state index in [-0.39, 0.29) is 11.8 Å². The topological polar surface area (TPSA) is 67.8 Å². The molecule has 4 heteroatoms.